The molecule has 0 saturated carbocycles. The molecule has 0 atom stereocenters. The highest BCUT2D eigenvalue weighted by molar-refractivity contribution is 9.10. The summed E-state index contributed by atoms with van der Waals surface area (Å²) in [5.41, 5.74) is 0.341. The van der Waals surface area contributed by atoms with Crippen LogP contribution in [0.2, 0.25) is 0 Å². The number of aromatic nitrogens is 3. The van der Waals surface area contributed by atoms with Crippen molar-refractivity contribution >= 4 is 27.5 Å². The quantitative estimate of drug-likeness (QED) is 0.886. The average Bonchev–Trinajstić information content (AvgIpc) is 2.76. The molecule has 1 amide bonds. The monoisotopic (exact) mass is 296 g/mol. The number of aromatic amines is 1. The van der Waals surface area contributed by atoms with E-state index in [9.17, 15) is 9.59 Å². The van der Waals surface area contributed by atoms with Crippen molar-refractivity contribution in [3.8, 4) is 0 Å². The second kappa shape index (κ2) is 4.96. The van der Waals surface area contributed by atoms with Gasteiger partial charge in [0.2, 0.25) is 5.91 Å². The largest absolute Gasteiger partial charge is 0.322 e. The molecule has 88 valence electrons. The maximum absolute atomic E-state index is 11.6. The van der Waals surface area contributed by atoms with Gasteiger partial charge in [-0.25, -0.2) is 0 Å². The summed E-state index contributed by atoms with van der Waals surface area (Å²) in [5, 5.41) is 8.89. The molecule has 0 fully saturated rings. The van der Waals surface area contributed by atoms with Crippen LogP contribution in [-0.2, 0) is 11.3 Å². The van der Waals surface area contributed by atoms with Crippen molar-refractivity contribution in [2.45, 2.75) is 6.54 Å². The summed E-state index contributed by atoms with van der Waals surface area (Å²) in [4.78, 5) is 23.1. The SMILES string of the molecule is O=C(Cn1cc(Br)ccc1=O)Nc1cn[nH]c1. The molecule has 2 rings (SSSR count). The first-order valence-corrected chi connectivity index (χ1v) is 5.59. The highest BCUT2D eigenvalue weighted by Crippen LogP contribution is 2.05. The Bertz CT molecular complexity index is 576. The van der Waals surface area contributed by atoms with Crippen LogP contribution in [-0.4, -0.2) is 20.7 Å². The minimum atomic E-state index is -0.286. The fourth-order valence-corrected chi connectivity index (χ4v) is 1.68. The number of amides is 1. The summed E-state index contributed by atoms with van der Waals surface area (Å²) in [6.45, 7) is -0.0382. The Kier molecular flexibility index (Phi) is 3.38. The molecule has 0 aromatic carbocycles. The molecule has 0 saturated heterocycles. The standard InChI is InChI=1S/C10H9BrN4O2/c11-7-1-2-10(17)15(5-7)6-9(16)14-8-3-12-13-4-8/h1-5H,6H2,(H,12,13)(H,14,16). The van der Waals surface area contributed by atoms with E-state index in [0.717, 1.165) is 4.47 Å². The van der Waals surface area contributed by atoms with Crippen molar-refractivity contribution in [3.05, 3.63) is 45.5 Å². The average molecular weight is 297 g/mol. The van der Waals surface area contributed by atoms with Gasteiger partial charge in [0, 0.05) is 22.9 Å². The van der Waals surface area contributed by atoms with Crippen LogP contribution >= 0.6 is 15.9 Å². The van der Waals surface area contributed by atoms with Gasteiger partial charge in [0.25, 0.3) is 5.56 Å². The van der Waals surface area contributed by atoms with Gasteiger partial charge in [-0.1, -0.05) is 0 Å². The third-order valence-electron chi connectivity index (χ3n) is 2.04. The van der Waals surface area contributed by atoms with Gasteiger partial charge in [-0.3, -0.25) is 14.7 Å². The molecule has 0 spiro atoms. The molecule has 0 aliphatic heterocycles. The molecule has 0 radical (unpaired) electrons. The number of nitrogens with zero attached hydrogens (tertiary/aromatic N) is 2. The van der Waals surface area contributed by atoms with Crippen molar-refractivity contribution in [1.82, 2.24) is 14.8 Å². The van der Waals surface area contributed by atoms with E-state index in [0.29, 0.717) is 5.69 Å². The summed E-state index contributed by atoms with van der Waals surface area (Å²) in [7, 11) is 0. The molecule has 2 aromatic heterocycles. The number of H-pyrrole nitrogens is 1. The molecule has 7 heteroatoms. The lowest BCUT2D eigenvalue weighted by molar-refractivity contribution is -0.116. The third-order valence-corrected chi connectivity index (χ3v) is 2.51. The minimum absolute atomic E-state index is 0.0382. The number of hydrogen-bond donors (Lipinski definition) is 2. The van der Waals surface area contributed by atoms with Crippen LogP contribution in [0.15, 0.2) is 40.0 Å². The van der Waals surface area contributed by atoms with Crippen molar-refractivity contribution in [1.29, 1.82) is 0 Å². The Morgan fingerprint density at radius 1 is 1.53 bits per heavy atom. The van der Waals surface area contributed by atoms with Crippen LogP contribution in [0.25, 0.3) is 0 Å². The van der Waals surface area contributed by atoms with Gasteiger partial charge >= 0.3 is 0 Å². The molecular weight excluding hydrogens is 288 g/mol. The van der Waals surface area contributed by atoms with Crippen LogP contribution in [0, 0.1) is 0 Å². The zero-order valence-corrected chi connectivity index (χ0v) is 10.3. The molecule has 2 aromatic rings. The molecule has 0 bridgehead atoms. The summed E-state index contributed by atoms with van der Waals surface area (Å²) in [6.07, 6.45) is 4.61. The molecule has 0 unspecified atom stereocenters. The Labute approximate surface area is 105 Å². The van der Waals surface area contributed by atoms with Crippen LogP contribution in [0.3, 0.4) is 0 Å². The van der Waals surface area contributed by atoms with Gasteiger partial charge < -0.3 is 9.88 Å². The number of carbonyl (C=O) groups excluding carboxylic acids is 1. The number of anilines is 1. The molecule has 17 heavy (non-hydrogen) atoms. The number of rotatable bonds is 3. The van der Waals surface area contributed by atoms with E-state index in [1.807, 2.05) is 0 Å². The summed E-state index contributed by atoms with van der Waals surface area (Å²) >= 11 is 3.24. The lowest BCUT2D eigenvalue weighted by Crippen LogP contribution is -2.26. The summed E-state index contributed by atoms with van der Waals surface area (Å²) in [5.74, 6) is -0.286. The first-order chi connectivity index (χ1) is 8.15. The minimum Gasteiger partial charge on any atom is -0.322 e. The van der Waals surface area contributed by atoms with E-state index in [2.05, 4.69) is 31.4 Å². The van der Waals surface area contributed by atoms with Crippen molar-refractivity contribution in [3.63, 3.8) is 0 Å². The zero-order valence-electron chi connectivity index (χ0n) is 8.68. The fraction of sp³-hybridized carbons (Fsp3) is 0.100. The summed E-state index contributed by atoms with van der Waals surface area (Å²) in [6, 6.07) is 3.03. The molecule has 0 aliphatic carbocycles. The van der Waals surface area contributed by atoms with Crippen molar-refractivity contribution in [2.75, 3.05) is 5.32 Å². The lowest BCUT2D eigenvalue weighted by atomic mass is 10.4. The maximum Gasteiger partial charge on any atom is 0.251 e. The van der Waals surface area contributed by atoms with E-state index < -0.39 is 0 Å². The van der Waals surface area contributed by atoms with Gasteiger partial charge in [-0.15, -0.1) is 0 Å². The van der Waals surface area contributed by atoms with Gasteiger partial charge in [-0.05, 0) is 22.0 Å². The highest BCUT2D eigenvalue weighted by atomic mass is 79.9. The number of nitrogens with one attached hydrogen (secondary N) is 2. The van der Waals surface area contributed by atoms with Crippen LogP contribution in [0.5, 0.6) is 0 Å². The van der Waals surface area contributed by atoms with Gasteiger partial charge in [0.05, 0.1) is 11.9 Å². The Hall–Kier alpha value is -1.89. The first-order valence-electron chi connectivity index (χ1n) is 4.80. The molecular formula is C10H9BrN4O2. The van der Waals surface area contributed by atoms with Gasteiger partial charge in [-0.2, -0.15) is 5.10 Å². The lowest BCUT2D eigenvalue weighted by Gasteiger charge is -2.05. The fourth-order valence-electron chi connectivity index (χ4n) is 1.30. The second-order valence-electron chi connectivity index (χ2n) is 3.35. The Balaban J connectivity index is 2.08. The predicted octanol–water partition coefficient (Wildman–Crippen LogP) is 0.973. The smallest absolute Gasteiger partial charge is 0.251 e. The van der Waals surface area contributed by atoms with E-state index in [-0.39, 0.29) is 18.0 Å². The topological polar surface area (TPSA) is 79.8 Å². The predicted molar refractivity (Wildman–Crippen MR) is 65.6 cm³/mol. The molecule has 2 N–H and O–H groups in total. The maximum atomic E-state index is 11.6. The molecule has 2 heterocycles. The van der Waals surface area contributed by atoms with Crippen LogP contribution in [0.1, 0.15) is 0 Å². The van der Waals surface area contributed by atoms with Gasteiger partial charge in [0.1, 0.15) is 6.54 Å². The van der Waals surface area contributed by atoms with Crippen molar-refractivity contribution < 1.29 is 4.79 Å². The molecule has 0 aliphatic rings. The van der Waals surface area contributed by atoms with E-state index in [4.69, 9.17) is 0 Å². The highest BCUT2D eigenvalue weighted by Gasteiger charge is 2.05. The third kappa shape index (κ3) is 3.04. The van der Waals surface area contributed by atoms with Gasteiger partial charge in [0.15, 0.2) is 0 Å². The van der Waals surface area contributed by atoms with Crippen LogP contribution in [0.4, 0.5) is 5.69 Å². The number of hydrogen-bond acceptors (Lipinski definition) is 3. The number of carbonyl (C=O) groups is 1. The Morgan fingerprint density at radius 2 is 2.35 bits per heavy atom. The van der Waals surface area contributed by atoms with Crippen LogP contribution < -0.4 is 10.9 Å². The first kappa shape index (κ1) is 11.6. The van der Waals surface area contributed by atoms with E-state index in [1.165, 1.54) is 16.8 Å². The summed E-state index contributed by atoms with van der Waals surface area (Å²) < 4.78 is 2.06. The van der Waals surface area contributed by atoms with E-state index >= 15 is 0 Å². The number of pyridine rings is 1. The Morgan fingerprint density at radius 3 is 3.06 bits per heavy atom. The van der Waals surface area contributed by atoms with Crippen molar-refractivity contribution in [2.24, 2.45) is 0 Å². The zero-order chi connectivity index (χ0) is 12.3. The second-order valence-corrected chi connectivity index (χ2v) is 4.26. The normalized spacial score (nSPS) is 10.2. The number of halogens is 1. The van der Waals surface area contributed by atoms with E-state index in [1.54, 1.807) is 18.5 Å². The molecule has 6 nitrogen and oxygen atoms in total.